The fourth-order valence-corrected chi connectivity index (χ4v) is 4.24. The summed E-state index contributed by atoms with van der Waals surface area (Å²) < 4.78 is 11.7. The van der Waals surface area contributed by atoms with Gasteiger partial charge < -0.3 is 9.15 Å². The fraction of sp³-hybridized carbons (Fsp3) is 0.600. The van der Waals surface area contributed by atoms with Crippen LogP contribution in [0.25, 0.3) is 11.3 Å². The van der Waals surface area contributed by atoms with Gasteiger partial charge in [-0.05, 0) is 33.1 Å². The molecule has 4 heteroatoms. The molecule has 0 aliphatic heterocycles. The largest absolute Gasteiger partial charge is 0.460 e. The fourth-order valence-electron chi connectivity index (χ4n) is 4.24. The number of hydrogen-bond acceptors (Lipinski definition) is 4. The Morgan fingerprint density at radius 2 is 1.90 bits per heavy atom. The standard InChI is InChI=1S/C25H35NO3/c1-25(2,3)29-23(27)17-21(16-10-13-19-11-6-4-7-12-19)24-26-18-22(28-24)20-14-8-5-9-15-20/h5,8-9,14-15,18-19,21H,4,6-7,10-13,16-17H2,1-3H3. The maximum absolute atomic E-state index is 12.5. The van der Waals surface area contributed by atoms with Crippen molar-refractivity contribution in [2.24, 2.45) is 5.92 Å². The number of nitrogens with zero attached hydrogens (tertiary/aromatic N) is 1. The van der Waals surface area contributed by atoms with E-state index in [-0.39, 0.29) is 11.9 Å². The van der Waals surface area contributed by atoms with E-state index in [0.717, 1.165) is 30.1 Å². The van der Waals surface area contributed by atoms with E-state index in [0.29, 0.717) is 12.3 Å². The van der Waals surface area contributed by atoms with Crippen molar-refractivity contribution in [2.75, 3.05) is 0 Å². The highest BCUT2D eigenvalue weighted by atomic mass is 16.6. The molecule has 2 aromatic rings. The zero-order valence-electron chi connectivity index (χ0n) is 18.2. The quantitative estimate of drug-likeness (QED) is 0.454. The second-order valence-electron chi connectivity index (χ2n) is 9.35. The van der Waals surface area contributed by atoms with Crippen LogP contribution in [0.4, 0.5) is 0 Å². The molecule has 158 valence electrons. The summed E-state index contributed by atoms with van der Waals surface area (Å²) in [5.74, 6) is 2.03. The van der Waals surface area contributed by atoms with Crippen LogP contribution in [-0.4, -0.2) is 16.6 Å². The molecule has 1 atom stereocenters. The predicted octanol–water partition coefficient (Wildman–Crippen LogP) is 6.91. The number of carbonyl (C=O) groups is 1. The molecule has 0 amide bonds. The van der Waals surface area contributed by atoms with Crippen molar-refractivity contribution in [1.29, 1.82) is 0 Å². The minimum absolute atomic E-state index is 0.0362. The summed E-state index contributed by atoms with van der Waals surface area (Å²) in [7, 11) is 0. The molecular formula is C25H35NO3. The Balaban J connectivity index is 1.66. The van der Waals surface area contributed by atoms with Crippen molar-refractivity contribution in [3.05, 3.63) is 42.4 Å². The topological polar surface area (TPSA) is 52.3 Å². The van der Waals surface area contributed by atoms with Gasteiger partial charge >= 0.3 is 5.97 Å². The van der Waals surface area contributed by atoms with Gasteiger partial charge in [-0.2, -0.15) is 0 Å². The third kappa shape index (κ3) is 7.02. The molecule has 1 saturated carbocycles. The second-order valence-corrected chi connectivity index (χ2v) is 9.35. The minimum Gasteiger partial charge on any atom is -0.460 e. The summed E-state index contributed by atoms with van der Waals surface area (Å²) >= 11 is 0. The molecule has 1 aromatic heterocycles. The summed E-state index contributed by atoms with van der Waals surface area (Å²) in [5, 5.41) is 0. The van der Waals surface area contributed by atoms with Gasteiger partial charge in [0.25, 0.3) is 0 Å². The van der Waals surface area contributed by atoms with E-state index in [9.17, 15) is 4.79 Å². The lowest BCUT2D eigenvalue weighted by atomic mass is 9.84. The van der Waals surface area contributed by atoms with Gasteiger partial charge in [0.2, 0.25) is 0 Å². The molecule has 29 heavy (non-hydrogen) atoms. The van der Waals surface area contributed by atoms with Gasteiger partial charge in [-0.3, -0.25) is 4.79 Å². The molecule has 0 spiro atoms. The molecule has 0 radical (unpaired) electrons. The maximum Gasteiger partial charge on any atom is 0.307 e. The average molecular weight is 398 g/mol. The van der Waals surface area contributed by atoms with Crippen LogP contribution in [0.3, 0.4) is 0 Å². The molecule has 0 saturated heterocycles. The van der Waals surface area contributed by atoms with E-state index in [2.05, 4.69) is 4.98 Å². The van der Waals surface area contributed by atoms with Crippen LogP contribution in [0.2, 0.25) is 0 Å². The van der Waals surface area contributed by atoms with Gasteiger partial charge in [0.1, 0.15) is 5.60 Å². The summed E-state index contributed by atoms with van der Waals surface area (Å²) in [6.07, 6.45) is 12.2. The van der Waals surface area contributed by atoms with Crippen LogP contribution in [0.5, 0.6) is 0 Å². The van der Waals surface area contributed by atoms with Crippen molar-refractivity contribution in [3.63, 3.8) is 0 Å². The van der Waals surface area contributed by atoms with Gasteiger partial charge in [0.15, 0.2) is 11.7 Å². The Bertz CT molecular complexity index is 754. The van der Waals surface area contributed by atoms with Crippen molar-refractivity contribution >= 4 is 5.97 Å². The summed E-state index contributed by atoms with van der Waals surface area (Å²) in [4.78, 5) is 17.0. The monoisotopic (exact) mass is 397 g/mol. The molecule has 1 aliphatic carbocycles. The molecule has 1 unspecified atom stereocenters. The number of carbonyl (C=O) groups excluding carboxylic acids is 1. The lowest BCUT2D eigenvalue weighted by molar-refractivity contribution is -0.155. The van der Waals surface area contributed by atoms with Crippen molar-refractivity contribution in [1.82, 2.24) is 4.98 Å². The predicted molar refractivity (Wildman–Crippen MR) is 116 cm³/mol. The molecule has 4 nitrogen and oxygen atoms in total. The van der Waals surface area contributed by atoms with Gasteiger partial charge in [0.05, 0.1) is 12.6 Å². The first kappa shape index (κ1) is 21.6. The lowest BCUT2D eigenvalue weighted by Gasteiger charge is -2.23. The first-order valence-corrected chi connectivity index (χ1v) is 11.1. The molecular weight excluding hydrogens is 362 g/mol. The van der Waals surface area contributed by atoms with Gasteiger partial charge in [-0.1, -0.05) is 75.3 Å². The van der Waals surface area contributed by atoms with E-state index < -0.39 is 5.60 Å². The van der Waals surface area contributed by atoms with Crippen molar-refractivity contribution in [3.8, 4) is 11.3 Å². The van der Waals surface area contributed by atoms with Crippen molar-refractivity contribution in [2.45, 2.75) is 90.1 Å². The molecule has 3 rings (SSSR count). The van der Waals surface area contributed by atoms with Gasteiger partial charge in [-0.25, -0.2) is 4.98 Å². The third-order valence-electron chi connectivity index (χ3n) is 5.65. The average Bonchev–Trinajstić information content (AvgIpc) is 3.17. The van der Waals surface area contributed by atoms with Crippen LogP contribution < -0.4 is 0 Å². The van der Waals surface area contributed by atoms with Crippen LogP contribution in [0.1, 0.15) is 90.4 Å². The minimum atomic E-state index is -0.477. The highest BCUT2D eigenvalue weighted by Crippen LogP contribution is 2.33. The molecule has 1 aromatic carbocycles. The zero-order valence-corrected chi connectivity index (χ0v) is 18.2. The number of esters is 1. The molecule has 1 aliphatic rings. The second kappa shape index (κ2) is 10.1. The maximum atomic E-state index is 12.5. The smallest absolute Gasteiger partial charge is 0.307 e. The molecule has 0 bridgehead atoms. The lowest BCUT2D eigenvalue weighted by Crippen LogP contribution is -2.25. The number of benzene rings is 1. The van der Waals surface area contributed by atoms with Crippen LogP contribution >= 0.6 is 0 Å². The van der Waals surface area contributed by atoms with Crippen molar-refractivity contribution < 1.29 is 13.9 Å². The first-order valence-electron chi connectivity index (χ1n) is 11.1. The third-order valence-corrected chi connectivity index (χ3v) is 5.65. The summed E-state index contributed by atoms with van der Waals surface area (Å²) in [6.45, 7) is 5.71. The SMILES string of the molecule is CC(C)(C)OC(=O)CC(CCCC1CCCCC1)c1ncc(-c2ccccc2)o1. The van der Waals surface area contributed by atoms with Gasteiger partial charge in [0, 0.05) is 11.5 Å². The Kier molecular flexibility index (Phi) is 7.51. The Hall–Kier alpha value is -2.10. The normalized spacial score (nSPS) is 16.5. The number of ether oxygens (including phenoxy) is 1. The van der Waals surface area contributed by atoms with Crippen LogP contribution in [0, 0.1) is 5.92 Å². The number of rotatable bonds is 8. The molecule has 1 heterocycles. The van der Waals surface area contributed by atoms with E-state index in [1.165, 1.54) is 38.5 Å². The summed E-state index contributed by atoms with van der Waals surface area (Å²) in [6, 6.07) is 9.98. The van der Waals surface area contributed by atoms with Crippen LogP contribution in [0.15, 0.2) is 40.9 Å². The van der Waals surface area contributed by atoms with E-state index in [4.69, 9.17) is 9.15 Å². The molecule has 1 fully saturated rings. The number of oxazole rings is 1. The van der Waals surface area contributed by atoms with E-state index in [1.54, 1.807) is 6.20 Å². The molecule has 0 N–H and O–H groups in total. The number of hydrogen-bond donors (Lipinski definition) is 0. The van der Waals surface area contributed by atoms with E-state index in [1.807, 2.05) is 51.1 Å². The Morgan fingerprint density at radius 3 is 2.59 bits per heavy atom. The van der Waals surface area contributed by atoms with Gasteiger partial charge in [-0.15, -0.1) is 0 Å². The first-order chi connectivity index (χ1) is 13.9. The Morgan fingerprint density at radius 1 is 1.17 bits per heavy atom. The van der Waals surface area contributed by atoms with E-state index >= 15 is 0 Å². The number of aromatic nitrogens is 1. The summed E-state index contributed by atoms with van der Waals surface area (Å²) in [5.41, 5.74) is 0.527. The zero-order chi connectivity index (χ0) is 20.7. The highest BCUT2D eigenvalue weighted by molar-refractivity contribution is 5.70. The Labute approximate surface area is 175 Å². The highest BCUT2D eigenvalue weighted by Gasteiger charge is 2.25. The van der Waals surface area contributed by atoms with Crippen LogP contribution in [-0.2, 0) is 9.53 Å².